The van der Waals surface area contributed by atoms with E-state index in [-0.39, 0.29) is 25.9 Å². The Morgan fingerprint density at radius 1 is 0.927 bits per heavy atom. The molecule has 3 aromatic carbocycles. The zero-order chi connectivity index (χ0) is 31.9. The summed E-state index contributed by atoms with van der Waals surface area (Å²) >= 11 is -0.210. The number of hydrogen-bond donors (Lipinski definition) is 0. The third-order valence-electron chi connectivity index (χ3n) is 6.70. The van der Waals surface area contributed by atoms with Gasteiger partial charge in [-0.1, -0.05) is 30.9 Å². The van der Waals surface area contributed by atoms with Gasteiger partial charge in [-0.2, -0.15) is 11.3 Å². The van der Waals surface area contributed by atoms with Gasteiger partial charge in [0.1, 0.15) is 5.82 Å². The van der Waals surface area contributed by atoms with Gasteiger partial charge in [0, 0.05) is 32.4 Å². The Morgan fingerprint density at radius 3 is 2.41 bits per heavy atom. The number of nitrogens with zero attached hydrogens (tertiary/aromatic N) is 2. The van der Waals surface area contributed by atoms with Gasteiger partial charge >= 0.3 is 110 Å². The normalized spacial score (nSPS) is 13.3. The van der Waals surface area contributed by atoms with Crippen molar-refractivity contribution in [2.45, 2.75) is 43.9 Å². The fourth-order valence-electron chi connectivity index (χ4n) is 4.36. The quantitative estimate of drug-likeness (QED) is 0.131. The zero-order valence-corrected chi connectivity index (χ0v) is 28.9. The van der Waals surface area contributed by atoms with Crippen molar-refractivity contribution >= 4 is 49.2 Å². The van der Waals surface area contributed by atoms with E-state index in [1.807, 2.05) is 56.4 Å². The monoisotopic (exact) mass is 803 g/mol. The summed E-state index contributed by atoms with van der Waals surface area (Å²) in [6, 6.07) is 27.9. The second kappa shape index (κ2) is 13.1. The Morgan fingerprint density at radius 2 is 1.76 bits per heavy atom. The zero-order valence-electron chi connectivity index (χ0n) is 27.6. The van der Waals surface area contributed by atoms with E-state index in [2.05, 4.69) is 45.4 Å². The Hall–Kier alpha value is -2.70. The maximum Gasteiger partial charge on any atom is 0 e. The van der Waals surface area contributed by atoms with E-state index in [0.717, 1.165) is 48.3 Å². The van der Waals surface area contributed by atoms with Gasteiger partial charge in [-0.15, -0.1) is 23.8 Å². The van der Waals surface area contributed by atoms with Gasteiger partial charge in [0.25, 0.3) is 0 Å². The number of rotatable bonds is 4. The molecule has 0 aliphatic rings. The van der Waals surface area contributed by atoms with Crippen LogP contribution in [0, 0.1) is 24.8 Å². The number of aromatic nitrogens is 2. The summed E-state index contributed by atoms with van der Waals surface area (Å²) in [7, 11) is 0. The Labute approximate surface area is 268 Å². The van der Waals surface area contributed by atoms with Crippen molar-refractivity contribution in [2.24, 2.45) is 0 Å². The first-order valence-electron chi connectivity index (χ1n) is 15.1. The molecule has 0 saturated heterocycles. The van der Waals surface area contributed by atoms with Crippen LogP contribution in [0.3, 0.4) is 0 Å². The molecule has 0 unspecified atom stereocenters. The number of pyridine rings is 2. The minimum absolute atomic E-state index is 0. The van der Waals surface area contributed by atoms with Crippen LogP contribution in [-0.4, -0.2) is 23.2 Å². The second-order valence-corrected chi connectivity index (χ2v) is 22.6. The molecule has 2 nitrogen and oxygen atoms in total. The maximum atomic E-state index is 13.6. The average molecular weight is 802 g/mol. The molecule has 0 atom stereocenters. The molecule has 6 rings (SSSR count). The summed E-state index contributed by atoms with van der Waals surface area (Å²) in [5.74, 6) is 6.07. The molecule has 0 aliphatic carbocycles. The van der Waals surface area contributed by atoms with Crippen LogP contribution in [0.25, 0.3) is 42.7 Å². The minimum Gasteiger partial charge on any atom is 0 e. The van der Waals surface area contributed by atoms with Crippen LogP contribution in [0.5, 0.6) is 0 Å². The van der Waals surface area contributed by atoms with Crippen LogP contribution in [0.4, 0.5) is 4.39 Å². The molecule has 0 aliphatic heterocycles. The van der Waals surface area contributed by atoms with Gasteiger partial charge in [0.2, 0.25) is 0 Å². The van der Waals surface area contributed by atoms with Gasteiger partial charge in [-0.25, -0.2) is 4.39 Å². The van der Waals surface area contributed by atoms with Crippen LogP contribution in [-0.2, 0) is 20.1 Å². The van der Waals surface area contributed by atoms with E-state index >= 15 is 0 Å². The van der Waals surface area contributed by atoms with E-state index in [0.29, 0.717) is 5.56 Å². The molecule has 211 valence electrons. The molecule has 6 aromatic rings. The SMILES string of the molecule is [2H]C(C)(C)c1ccnc(-c2[c-]ccc3c2sc2ccc(F)cc23)c1.[2H]C([2H])([2H])c1c[c-]c(-c2cc[c]([Ge]([CH3])([CH3])[CH3])cn2)cc1.[Ir]. The molecule has 3 aromatic heterocycles. The van der Waals surface area contributed by atoms with Crippen molar-refractivity contribution in [2.75, 3.05) is 0 Å². The number of hydrogen-bond acceptors (Lipinski definition) is 3. The summed E-state index contributed by atoms with van der Waals surface area (Å²) in [5, 5.41) is 1.93. The molecule has 0 amide bonds. The van der Waals surface area contributed by atoms with Crippen LogP contribution in [0.2, 0.25) is 17.3 Å². The molecule has 0 N–H and O–H groups in total. The van der Waals surface area contributed by atoms with Crippen LogP contribution in [0.15, 0.2) is 85.2 Å². The Bertz CT molecular complexity index is 1870. The first-order chi connectivity index (χ1) is 20.6. The van der Waals surface area contributed by atoms with Crippen molar-refractivity contribution in [1.29, 1.82) is 0 Å². The van der Waals surface area contributed by atoms with E-state index in [1.54, 1.807) is 35.7 Å². The fraction of sp³-hybridized carbons (Fsp3) is 0.200. The fourth-order valence-corrected chi connectivity index (χ4v) is 7.72. The molecule has 41 heavy (non-hydrogen) atoms. The average Bonchev–Trinajstić information content (AvgIpc) is 3.34. The maximum absolute atomic E-state index is 13.6. The van der Waals surface area contributed by atoms with E-state index < -0.39 is 26.0 Å². The number of fused-ring (bicyclic) bond motifs is 3. The third kappa shape index (κ3) is 7.21. The van der Waals surface area contributed by atoms with Crippen molar-refractivity contribution in [3.63, 3.8) is 0 Å². The summed E-state index contributed by atoms with van der Waals surface area (Å²) in [5.41, 5.74) is 4.57. The smallest absolute Gasteiger partial charge is 0 e. The summed E-state index contributed by atoms with van der Waals surface area (Å²) < 4.78 is 47.3. The number of thiophene rings is 1. The molecule has 1 radical (unpaired) electrons. The van der Waals surface area contributed by atoms with Crippen LogP contribution >= 0.6 is 11.3 Å². The van der Waals surface area contributed by atoms with Crippen LogP contribution in [0.1, 0.15) is 36.4 Å². The van der Waals surface area contributed by atoms with Gasteiger partial charge < -0.3 is 4.98 Å². The van der Waals surface area contributed by atoms with E-state index in [4.69, 9.17) is 5.48 Å². The van der Waals surface area contributed by atoms with Crippen molar-refractivity contribution in [3.8, 4) is 22.5 Å². The van der Waals surface area contributed by atoms with Gasteiger partial charge in [0.05, 0.1) is 0 Å². The second-order valence-electron chi connectivity index (χ2n) is 10.9. The Balaban J connectivity index is 0.000000204. The molecule has 0 saturated carbocycles. The Kier molecular flexibility index (Phi) is 8.29. The topological polar surface area (TPSA) is 25.8 Å². The molecular formula is C35H33FGeIrN2S-2. The minimum atomic E-state index is -2.08. The molecule has 0 bridgehead atoms. The van der Waals surface area contributed by atoms with Crippen molar-refractivity contribution < 1.29 is 30.0 Å². The molecular weight excluding hydrogens is 764 g/mol. The van der Waals surface area contributed by atoms with Gasteiger partial charge in [0.15, 0.2) is 0 Å². The summed E-state index contributed by atoms with van der Waals surface area (Å²) in [6.45, 7) is 1.64. The molecule has 6 heteroatoms. The largest absolute Gasteiger partial charge is 0 e. The predicted octanol–water partition coefficient (Wildman–Crippen LogP) is 9.58. The third-order valence-corrected chi connectivity index (χ3v) is 12.2. The van der Waals surface area contributed by atoms with Crippen molar-refractivity contribution in [1.82, 2.24) is 9.97 Å². The number of aryl methyl sites for hydroxylation is 1. The standard InChI is InChI=1S/C20H15FNS.C15H18GeN.Ir/c1-12(2)13-8-9-22-18(10-13)16-5-3-4-15-17-11-14(21)6-7-19(17)23-20(15)16;1-12-5-7-13(8-6-12)15-10-9-14(11-17-15)16(2,3)4;/h3-4,6-12H,1-2H3;5-7,9-11H,1-4H3;/q2*-1;/i12D;1D3;. The molecule has 3 heterocycles. The summed E-state index contributed by atoms with van der Waals surface area (Å²) in [6.07, 6.45) is 3.68. The van der Waals surface area contributed by atoms with Crippen LogP contribution < -0.4 is 4.40 Å². The summed E-state index contributed by atoms with van der Waals surface area (Å²) in [4.78, 5) is 8.96. The molecule has 0 fully saturated rings. The predicted molar refractivity (Wildman–Crippen MR) is 172 cm³/mol. The first-order valence-corrected chi connectivity index (χ1v) is 21.3. The first kappa shape index (κ1) is 26.0. The number of halogens is 1. The van der Waals surface area contributed by atoms with Gasteiger partial charge in [-0.05, 0) is 45.9 Å². The van der Waals surface area contributed by atoms with Crippen molar-refractivity contribution in [3.05, 3.63) is 114 Å². The molecule has 0 spiro atoms. The van der Waals surface area contributed by atoms with Gasteiger partial charge in [-0.3, -0.25) is 0 Å². The van der Waals surface area contributed by atoms with E-state index in [9.17, 15) is 4.39 Å². The van der Waals surface area contributed by atoms with E-state index in [1.165, 1.54) is 16.5 Å². The number of benzene rings is 3.